The highest BCUT2D eigenvalue weighted by atomic mass is 16.3. The van der Waals surface area contributed by atoms with Crippen LogP contribution in [0.15, 0.2) is 173 Å². The van der Waals surface area contributed by atoms with Gasteiger partial charge < -0.3 is 14.6 Å². The molecule has 0 aliphatic rings. The number of benzene rings is 7. The summed E-state index contributed by atoms with van der Waals surface area (Å²) in [6.45, 7) is 0. The Balaban J connectivity index is 1.22. The van der Waals surface area contributed by atoms with Crippen LogP contribution in [-0.4, -0.2) is 9.97 Å². The molecule has 0 atom stereocenters. The van der Waals surface area contributed by atoms with Gasteiger partial charge in [-0.2, -0.15) is 0 Å². The van der Waals surface area contributed by atoms with E-state index in [1.54, 1.807) is 0 Å². The average molecular weight is 656 g/mol. The van der Waals surface area contributed by atoms with Crippen molar-refractivity contribution in [1.29, 1.82) is 0 Å². The van der Waals surface area contributed by atoms with Crippen molar-refractivity contribution in [2.45, 2.75) is 0 Å². The molecule has 51 heavy (non-hydrogen) atoms. The summed E-state index contributed by atoms with van der Waals surface area (Å²) in [5, 5.41) is 4.34. The highest BCUT2D eigenvalue weighted by molar-refractivity contribution is 6.07. The first-order valence-electron chi connectivity index (χ1n) is 16.9. The Bertz CT molecular complexity index is 2810. The van der Waals surface area contributed by atoms with Crippen molar-refractivity contribution in [3.05, 3.63) is 164 Å². The first-order valence-corrected chi connectivity index (χ1v) is 16.9. The zero-order chi connectivity index (χ0) is 33.9. The van der Waals surface area contributed by atoms with Gasteiger partial charge in [-0.05, 0) is 95.1 Å². The predicted octanol–water partition coefficient (Wildman–Crippen LogP) is 12.2. The number of hydrogen-bond acceptors (Lipinski definition) is 5. The fraction of sp³-hybridized carbons (Fsp3) is 0. The van der Waals surface area contributed by atoms with Crippen LogP contribution < -0.4 is 5.73 Å². The molecule has 3 heterocycles. The largest absolute Gasteiger partial charge is 0.456 e. The molecule has 240 valence electrons. The van der Waals surface area contributed by atoms with Crippen molar-refractivity contribution in [3.8, 4) is 56.2 Å². The number of hydrogen-bond donors (Lipinski definition) is 1. The molecular weight excluding hydrogens is 627 g/mol. The summed E-state index contributed by atoms with van der Waals surface area (Å²) in [6.07, 6.45) is 0. The standard InChI is InChI=1S/C46H29N3O2/c47-35-12-8-11-31(24-35)41-27-40(28-9-2-1-3-10-28)48-46(49-41)34-22-32(29-17-19-44-38(25-29)36-13-4-6-15-42(36)50-44)21-33(23-34)30-18-20-45-39(26-30)37-14-5-7-16-43(37)51-45/h1-27H,47H2. The van der Waals surface area contributed by atoms with E-state index in [0.29, 0.717) is 11.5 Å². The fourth-order valence-corrected chi connectivity index (χ4v) is 7.08. The number of furan rings is 2. The van der Waals surface area contributed by atoms with E-state index in [-0.39, 0.29) is 0 Å². The zero-order valence-electron chi connectivity index (χ0n) is 27.4. The molecule has 0 unspecified atom stereocenters. The van der Waals surface area contributed by atoms with Gasteiger partial charge in [0.15, 0.2) is 5.82 Å². The number of nitrogen functional groups attached to an aromatic ring is 1. The van der Waals surface area contributed by atoms with E-state index in [1.165, 1.54) is 0 Å². The summed E-state index contributed by atoms with van der Waals surface area (Å²) < 4.78 is 12.4. The first-order chi connectivity index (χ1) is 25.1. The third-order valence-electron chi connectivity index (χ3n) is 9.59. The molecule has 0 aliphatic heterocycles. The Morgan fingerprint density at radius 1 is 0.333 bits per heavy atom. The van der Waals surface area contributed by atoms with Crippen LogP contribution in [0.1, 0.15) is 0 Å². The van der Waals surface area contributed by atoms with E-state index in [1.807, 2.05) is 84.9 Å². The molecule has 0 saturated heterocycles. The minimum atomic E-state index is 0.626. The van der Waals surface area contributed by atoms with Crippen molar-refractivity contribution >= 4 is 49.6 Å². The Hall–Kier alpha value is -6.98. The summed E-state index contributed by atoms with van der Waals surface area (Å²) in [7, 11) is 0. The van der Waals surface area contributed by atoms with Gasteiger partial charge in [0.2, 0.25) is 0 Å². The van der Waals surface area contributed by atoms with Crippen molar-refractivity contribution in [1.82, 2.24) is 9.97 Å². The molecule has 0 radical (unpaired) electrons. The van der Waals surface area contributed by atoms with E-state index in [2.05, 4.69) is 78.9 Å². The number of fused-ring (bicyclic) bond motifs is 6. The maximum absolute atomic E-state index is 6.24. The van der Waals surface area contributed by atoms with Gasteiger partial charge >= 0.3 is 0 Å². The molecule has 2 N–H and O–H groups in total. The van der Waals surface area contributed by atoms with Crippen molar-refractivity contribution in [2.24, 2.45) is 0 Å². The summed E-state index contributed by atoms with van der Waals surface area (Å²) in [6, 6.07) is 55.9. The molecule has 10 aromatic rings. The van der Waals surface area contributed by atoms with Gasteiger partial charge in [0.25, 0.3) is 0 Å². The molecule has 0 aliphatic carbocycles. The maximum atomic E-state index is 6.24. The van der Waals surface area contributed by atoms with Gasteiger partial charge in [0.05, 0.1) is 11.4 Å². The number of rotatable bonds is 5. The molecule has 7 aromatic carbocycles. The number of aromatic nitrogens is 2. The monoisotopic (exact) mass is 655 g/mol. The minimum Gasteiger partial charge on any atom is -0.456 e. The topological polar surface area (TPSA) is 78.1 Å². The molecule has 0 saturated carbocycles. The minimum absolute atomic E-state index is 0.626. The van der Waals surface area contributed by atoms with Gasteiger partial charge in [-0.3, -0.25) is 0 Å². The Kier molecular flexibility index (Phi) is 6.58. The van der Waals surface area contributed by atoms with E-state index in [0.717, 1.165) is 94.2 Å². The third-order valence-corrected chi connectivity index (χ3v) is 9.59. The summed E-state index contributed by atoms with van der Waals surface area (Å²) in [4.78, 5) is 10.4. The number of para-hydroxylation sites is 2. The lowest BCUT2D eigenvalue weighted by Crippen LogP contribution is -1.97. The quantitative estimate of drug-likeness (QED) is 0.187. The van der Waals surface area contributed by atoms with Gasteiger partial charge in [0, 0.05) is 43.9 Å². The molecule has 10 rings (SSSR count). The third kappa shape index (κ3) is 5.11. The maximum Gasteiger partial charge on any atom is 0.160 e. The van der Waals surface area contributed by atoms with Gasteiger partial charge in [0.1, 0.15) is 22.3 Å². The fourth-order valence-electron chi connectivity index (χ4n) is 7.08. The van der Waals surface area contributed by atoms with Crippen LogP contribution in [0.25, 0.3) is 100 Å². The van der Waals surface area contributed by atoms with Crippen LogP contribution >= 0.6 is 0 Å². The van der Waals surface area contributed by atoms with Crippen LogP contribution in [-0.2, 0) is 0 Å². The normalized spacial score (nSPS) is 11.6. The van der Waals surface area contributed by atoms with Gasteiger partial charge in [-0.25, -0.2) is 9.97 Å². The van der Waals surface area contributed by atoms with Crippen LogP contribution in [0.4, 0.5) is 5.69 Å². The van der Waals surface area contributed by atoms with E-state index >= 15 is 0 Å². The van der Waals surface area contributed by atoms with Crippen LogP contribution in [0.3, 0.4) is 0 Å². The predicted molar refractivity (Wildman–Crippen MR) is 208 cm³/mol. The van der Waals surface area contributed by atoms with Crippen molar-refractivity contribution in [2.75, 3.05) is 5.73 Å². The summed E-state index contributed by atoms with van der Waals surface area (Å²) in [5.74, 6) is 0.626. The molecule has 3 aromatic heterocycles. The Morgan fingerprint density at radius 2 is 0.843 bits per heavy atom. The smallest absolute Gasteiger partial charge is 0.160 e. The average Bonchev–Trinajstić information content (AvgIpc) is 3.75. The van der Waals surface area contributed by atoms with Crippen molar-refractivity contribution in [3.63, 3.8) is 0 Å². The second kappa shape index (κ2) is 11.6. The van der Waals surface area contributed by atoms with Crippen molar-refractivity contribution < 1.29 is 8.83 Å². The first kappa shape index (κ1) is 29.0. The number of nitrogens with two attached hydrogens (primary N) is 1. The summed E-state index contributed by atoms with van der Waals surface area (Å²) >= 11 is 0. The van der Waals surface area contributed by atoms with E-state index in [4.69, 9.17) is 24.5 Å². The highest BCUT2D eigenvalue weighted by Crippen LogP contribution is 2.39. The Labute approximate surface area is 293 Å². The van der Waals surface area contributed by atoms with E-state index in [9.17, 15) is 0 Å². The van der Waals surface area contributed by atoms with E-state index < -0.39 is 0 Å². The number of anilines is 1. The van der Waals surface area contributed by atoms with Gasteiger partial charge in [-0.15, -0.1) is 0 Å². The zero-order valence-corrected chi connectivity index (χ0v) is 27.4. The van der Waals surface area contributed by atoms with Crippen LogP contribution in [0.2, 0.25) is 0 Å². The molecule has 0 bridgehead atoms. The Morgan fingerprint density at radius 3 is 1.45 bits per heavy atom. The number of nitrogens with zero attached hydrogens (tertiary/aromatic N) is 2. The molecule has 5 nitrogen and oxygen atoms in total. The molecular formula is C46H29N3O2. The molecule has 5 heteroatoms. The highest BCUT2D eigenvalue weighted by Gasteiger charge is 2.16. The lowest BCUT2D eigenvalue weighted by Gasteiger charge is -2.13. The lowest BCUT2D eigenvalue weighted by atomic mass is 9.94. The molecule has 0 spiro atoms. The molecule has 0 fully saturated rings. The lowest BCUT2D eigenvalue weighted by molar-refractivity contribution is 0.668. The summed E-state index contributed by atoms with van der Waals surface area (Å²) in [5.41, 5.74) is 19.1. The van der Waals surface area contributed by atoms with Gasteiger partial charge in [-0.1, -0.05) is 91.0 Å². The van der Waals surface area contributed by atoms with Crippen LogP contribution in [0.5, 0.6) is 0 Å². The molecule has 0 amide bonds. The SMILES string of the molecule is Nc1cccc(-c2cc(-c3ccccc3)nc(-c3cc(-c4ccc5oc6ccccc6c5c4)cc(-c4ccc5oc6ccccc6c5c4)c3)n2)c1. The van der Waals surface area contributed by atoms with Crippen LogP contribution in [0, 0.1) is 0 Å². The second-order valence-corrected chi connectivity index (χ2v) is 12.9. The second-order valence-electron chi connectivity index (χ2n) is 12.9.